The van der Waals surface area contributed by atoms with Crippen LogP contribution in [0, 0.1) is 0 Å². The number of carbonyl (C=O) groups is 3. The van der Waals surface area contributed by atoms with Crippen molar-refractivity contribution in [2.45, 2.75) is 58.6 Å². The number of hydrogen-bond donors (Lipinski definition) is 3. The van der Waals surface area contributed by atoms with Gasteiger partial charge in [0.2, 0.25) is 0 Å². The number of alkyl carbamates (subject to hydrolysis) is 1. The van der Waals surface area contributed by atoms with Gasteiger partial charge in [0, 0.05) is 11.8 Å². The maximum absolute atomic E-state index is 12.8. The number of ether oxygens (including phenoxy) is 3. The van der Waals surface area contributed by atoms with E-state index in [1.807, 2.05) is 60.7 Å². The molecular weight excluding hydrogens is 589 g/mol. The lowest BCUT2D eigenvalue weighted by molar-refractivity contribution is -0.143. The van der Waals surface area contributed by atoms with Crippen molar-refractivity contribution in [2.75, 3.05) is 11.9 Å². The molecule has 3 atom stereocenters. The van der Waals surface area contributed by atoms with Crippen LogP contribution in [0.3, 0.4) is 0 Å². The molecule has 3 N–H and O–H groups in total. The van der Waals surface area contributed by atoms with Crippen molar-refractivity contribution in [1.29, 1.82) is 0 Å². The molecule has 1 unspecified atom stereocenters. The van der Waals surface area contributed by atoms with Crippen LogP contribution in [-0.4, -0.2) is 51.8 Å². The maximum atomic E-state index is 12.8. The molecule has 1 heterocycles. The van der Waals surface area contributed by atoms with Crippen molar-refractivity contribution in [3.63, 3.8) is 0 Å². The van der Waals surface area contributed by atoms with Crippen LogP contribution in [0.15, 0.2) is 78.9 Å². The highest BCUT2D eigenvalue weighted by molar-refractivity contribution is 7.51. The predicted molar refractivity (Wildman–Crippen MR) is 162 cm³/mol. The lowest BCUT2D eigenvalue weighted by Crippen LogP contribution is -2.68. The normalized spacial score (nSPS) is 17.6. The zero-order valence-corrected chi connectivity index (χ0v) is 25.8. The van der Waals surface area contributed by atoms with Crippen LogP contribution in [0.5, 0.6) is 11.5 Å². The average molecular weight is 626 g/mol. The summed E-state index contributed by atoms with van der Waals surface area (Å²) in [6, 6.07) is 22.0. The van der Waals surface area contributed by atoms with E-state index >= 15 is 0 Å². The smallest absolute Gasteiger partial charge is 0.435 e. The summed E-state index contributed by atoms with van der Waals surface area (Å²) >= 11 is 0. The van der Waals surface area contributed by atoms with Gasteiger partial charge < -0.3 is 29.7 Å². The molecule has 1 saturated heterocycles. The fourth-order valence-electron chi connectivity index (χ4n) is 4.27. The Labute approximate surface area is 255 Å². The van der Waals surface area contributed by atoms with E-state index in [1.165, 1.54) is 6.92 Å². The molecule has 1 aliphatic heterocycles. The number of benzene rings is 3. The molecule has 44 heavy (non-hydrogen) atoms. The summed E-state index contributed by atoms with van der Waals surface area (Å²) in [4.78, 5) is 47.7. The van der Waals surface area contributed by atoms with Crippen molar-refractivity contribution in [1.82, 2.24) is 9.99 Å². The van der Waals surface area contributed by atoms with Crippen molar-refractivity contribution < 1.29 is 42.6 Å². The van der Waals surface area contributed by atoms with Gasteiger partial charge in [-0.15, -0.1) is 0 Å². The summed E-state index contributed by atoms with van der Waals surface area (Å²) in [7, 11) is -4.70. The Balaban J connectivity index is 1.36. The molecular formula is C31H36N3O9P. The third kappa shape index (κ3) is 8.82. The average Bonchev–Trinajstić information content (AvgIpc) is 2.97. The third-order valence-electron chi connectivity index (χ3n) is 6.37. The van der Waals surface area contributed by atoms with E-state index < -0.39 is 49.9 Å². The van der Waals surface area contributed by atoms with Crippen LogP contribution < -0.4 is 20.1 Å². The molecule has 0 bridgehead atoms. The number of nitrogens with zero attached hydrogens (tertiary/aromatic N) is 1. The molecule has 234 valence electrons. The van der Waals surface area contributed by atoms with Gasteiger partial charge in [-0.25, -0.2) is 14.0 Å². The Morgan fingerprint density at radius 3 is 2.02 bits per heavy atom. The van der Waals surface area contributed by atoms with E-state index in [0.717, 1.165) is 11.1 Å². The molecule has 1 fully saturated rings. The van der Waals surface area contributed by atoms with Gasteiger partial charge in [-0.3, -0.25) is 14.1 Å². The molecule has 0 saturated carbocycles. The van der Waals surface area contributed by atoms with E-state index in [4.69, 9.17) is 18.7 Å². The quantitative estimate of drug-likeness (QED) is 0.186. The number of carbonyl (C=O) groups excluding carboxylic acids is 3. The molecule has 13 heteroatoms. The van der Waals surface area contributed by atoms with Gasteiger partial charge in [0.1, 0.15) is 31.5 Å². The van der Waals surface area contributed by atoms with Crippen LogP contribution in [0.25, 0.3) is 0 Å². The number of amides is 3. The zero-order valence-electron chi connectivity index (χ0n) is 24.9. The van der Waals surface area contributed by atoms with E-state index in [-0.39, 0.29) is 6.61 Å². The van der Waals surface area contributed by atoms with Gasteiger partial charge >= 0.3 is 13.8 Å². The lowest BCUT2D eigenvalue weighted by atomic mass is 10.0. The molecule has 1 aliphatic rings. The molecule has 12 nitrogen and oxygen atoms in total. The summed E-state index contributed by atoms with van der Waals surface area (Å²) in [6.45, 7) is 6.20. The summed E-state index contributed by atoms with van der Waals surface area (Å²) in [5.41, 5.74) is 1.44. The maximum Gasteiger partial charge on any atom is 0.435 e. The number of β-lactam (4-membered cyclic amide) rings is 1. The minimum Gasteiger partial charge on any atom is -0.485 e. The zero-order chi connectivity index (χ0) is 31.9. The van der Waals surface area contributed by atoms with Crippen molar-refractivity contribution in [2.24, 2.45) is 0 Å². The molecule has 3 aromatic rings. The molecule has 0 aromatic heterocycles. The van der Waals surface area contributed by atoms with E-state index in [1.54, 1.807) is 39.0 Å². The number of rotatable bonds is 12. The lowest BCUT2D eigenvalue weighted by Gasteiger charge is -2.45. The van der Waals surface area contributed by atoms with Crippen LogP contribution in [0.2, 0.25) is 0 Å². The van der Waals surface area contributed by atoms with Crippen LogP contribution in [0.1, 0.15) is 38.8 Å². The van der Waals surface area contributed by atoms with E-state index in [2.05, 4.69) is 10.6 Å². The number of nitrogens with one attached hydrogen (secondary N) is 2. The fourth-order valence-corrected chi connectivity index (χ4v) is 5.65. The van der Waals surface area contributed by atoms with E-state index in [9.17, 15) is 23.8 Å². The van der Waals surface area contributed by atoms with Gasteiger partial charge in [0.05, 0.1) is 6.04 Å². The topological polar surface area (TPSA) is 153 Å². The van der Waals surface area contributed by atoms with Gasteiger partial charge in [-0.2, -0.15) is 0 Å². The summed E-state index contributed by atoms with van der Waals surface area (Å²) < 4.78 is 35.5. The van der Waals surface area contributed by atoms with E-state index in [0.29, 0.717) is 28.5 Å². The highest BCUT2D eigenvalue weighted by Gasteiger charge is 2.54. The standard InChI is InChI=1S/C31H36N3O9P/c1-21-28(33-30(37)43-31(2,3)4)29(36)34(21)44(38,39)42-20-27(35)32-24-15-16-25(40-18-22-11-7-5-8-12-22)26(17-24)41-19-23-13-9-6-10-14-23/h5-17,21,28H,18-20H2,1-4H3,(H,32,35)(H,33,37)(H,38,39)/t21-,28-/m0/s1. The summed E-state index contributed by atoms with van der Waals surface area (Å²) in [5.74, 6) is -0.741. The number of hydrogen-bond acceptors (Lipinski definition) is 8. The first-order chi connectivity index (χ1) is 20.8. The Bertz CT molecular complexity index is 1510. The monoisotopic (exact) mass is 625 g/mol. The first kappa shape index (κ1) is 32.5. The minimum atomic E-state index is -4.70. The second-order valence-corrected chi connectivity index (χ2v) is 12.7. The fraction of sp³-hybridized carbons (Fsp3) is 0.323. The van der Waals surface area contributed by atoms with Gasteiger partial charge in [0.25, 0.3) is 11.8 Å². The first-order valence-electron chi connectivity index (χ1n) is 13.9. The second kappa shape index (κ2) is 13.9. The summed E-state index contributed by atoms with van der Waals surface area (Å²) in [6.07, 6.45) is -0.834. The van der Waals surface area contributed by atoms with Crippen molar-refractivity contribution >= 4 is 31.3 Å². The largest absolute Gasteiger partial charge is 0.485 e. The summed E-state index contributed by atoms with van der Waals surface area (Å²) in [5, 5.41) is 4.98. The molecule has 4 rings (SSSR count). The Hall–Kier alpha value is -4.38. The third-order valence-corrected chi connectivity index (χ3v) is 7.94. The second-order valence-electron chi connectivity index (χ2n) is 11.1. The molecule has 0 radical (unpaired) electrons. The molecule has 0 spiro atoms. The van der Waals surface area contributed by atoms with Crippen LogP contribution in [0.4, 0.5) is 10.5 Å². The predicted octanol–water partition coefficient (Wildman–Crippen LogP) is 5.02. The van der Waals surface area contributed by atoms with Crippen LogP contribution in [-0.2, 0) is 36.6 Å². The Morgan fingerprint density at radius 2 is 1.48 bits per heavy atom. The van der Waals surface area contributed by atoms with Crippen LogP contribution >= 0.6 is 7.75 Å². The highest BCUT2D eigenvalue weighted by Crippen LogP contribution is 2.52. The molecule has 3 amide bonds. The SMILES string of the molecule is C[C@H]1[C@H](NC(=O)OC(C)(C)C)C(=O)N1P(=O)(O)OCC(=O)Nc1ccc(OCc2ccccc2)c(OCc2ccccc2)c1. The van der Waals surface area contributed by atoms with Gasteiger partial charge in [0.15, 0.2) is 11.5 Å². The van der Waals surface area contributed by atoms with Gasteiger partial charge in [-0.1, -0.05) is 60.7 Å². The molecule has 3 aromatic carbocycles. The highest BCUT2D eigenvalue weighted by atomic mass is 31.2. The Kier molecular flexibility index (Phi) is 10.3. The van der Waals surface area contributed by atoms with Crippen molar-refractivity contribution in [3.8, 4) is 11.5 Å². The first-order valence-corrected chi connectivity index (χ1v) is 15.4. The van der Waals surface area contributed by atoms with Crippen molar-refractivity contribution in [3.05, 3.63) is 90.0 Å². The Morgan fingerprint density at radius 1 is 0.909 bits per heavy atom. The minimum absolute atomic E-state index is 0.253. The van der Waals surface area contributed by atoms with Gasteiger partial charge in [-0.05, 0) is 51.0 Å². The molecule has 0 aliphatic carbocycles. The number of anilines is 1.